The van der Waals surface area contributed by atoms with Crippen LogP contribution in [-0.2, 0) is 4.79 Å². The van der Waals surface area contributed by atoms with Crippen molar-refractivity contribution in [2.45, 2.75) is 33.2 Å². The van der Waals surface area contributed by atoms with Crippen molar-refractivity contribution in [1.82, 2.24) is 4.90 Å². The van der Waals surface area contributed by atoms with Gasteiger partial charge in [0.15, 0.2) is 5.76 Å². The van der Waals surface area contributed by atoms with E-state index in [0.717, 1.165) is 12.0 Å². The van der Waals surface area contributed by atoms with Crippen molar-refractivity contribution in [1.29, 1.82) is 0 Å². The number of hydrogen-bond donors (Lipinski definition) is 1. The normalized spacial score (nSPS) is 16.9. The Hall–Kier alpha value is -2.60. The Morgan fingerprint density at radius 2 is 2.07 bits per heavy atom. The van der Waals surface area contributed by atoms with Gasteiger partial charge in [0.2, 0.25) is 5.78 Å². The fourth-order valence-electron chi connectivity index (χ4n) is 3.28. The van der Waals surface area contributed by atoms with Crippen LogP contribution in [0.1, 0.15) is 48.5 Å². The Bertz CT molecular complexity index is 886. The lowest BCUT2D eigenvalue weighted by molar-refractivity contribution is -0.129. The molecule has 5 nitrogen and oxygen atoms in total. The molecule has 28 heavy (non-hydrogen) atoms. The summed E-state index contributed by atoms with van der Waals surface area (Å²) in [5, 5.41) is 12.3. The van der Waals surface area contributed by atoms with Crippen LogP contribution in [0.3, 0.4) is 0 Å². The van der Waals surface area contributed by atoms with Crippen molar-refractivity contribution in [3.8, 4) is 5.75 Å². The number of ether oxygens (including phenoxy) is 1. The molecule has 1 unspecified atom stereocenters. The van der Waals surface area contributed by atoms with E-state index in [1.54, 1.807) is 22.4 Å². The Kier molecular flexibility index (Phi) is 6.19. The van der Waals surface area contributed by atoms with Gasteiger partial charge in [0.05, 0.1) is 23.1 Å². The summed E-state index contributed by atoms with van der Waals surface area (Å²) in [6.07, 6.45) is 0.722. The van der Waals surface area contributed by atoms with Gasteiger partial charge in [-0.3, -0.25) is 9.59 Å². The smallest absolute Gasteiger partial charge is 0.290 e. The average Bonchev–Trinajstić information content (AvgIpc) is 3.29. The Labute approximate surface area is 169 Å². The lowest BCUT2D eigenvalue weighted by atomic mass is 9.95. The fraction of sp³-hybridized carbons (Fsp3) is 0.364. The molecule has 0 saturated heterocycles. The summed E-state index contributed by atoms with van der Waals surface area (Å²) in [4.78, 5) is 27.9. The van der Waals surface area contributed by atoms with Crippen LogP contribution in [0.5, 0.6) is 5.75 Å². The maximum absolute atomic E-state index is 13.1. The van der Waals surface area contributed by atoms with E-state index in [1.165, 1.54) is 11.3 Å². The van der Waals surface area contributed by atoms with Crippen molar-refractivity contribution < 1.29 is 19.4 Å². The van der Waals surface area contributed by atoms with E-state index in [2.05, 4.69) is 13.8 Å². The molecule has 1 aromatic carbocycles. The molecule has 0 fully saturated rings. The Morgan fingerprint density at radius 3 is 2.71 bits per heavy atom. The summed E-state index contributed by atoms with van der Waals surface area (Å²) in [5.41, 5.74) is 0.897. The lowest BCUT2D eigenvalue weighted by Crippen LogP contribution is -2.31. The SMILES string of the molecule is CCCN1C(=O)C(O)=C(C(=O)c2cccs2)C1c1cccc(OCC(C)C)c1. The van der Waals surface area contributed by atoms with Gasteiger partial charge in [0.25, 0.3) is 5.91 Å². The number of rotatable bonds is 8. The van der Waals surface area contributed by atoms with E-state index < -0.39 is 17.7 Å². The summed E-state index contributed by atoms with van der Waals surface area (Å²) in [6, 6.07) is 10.3. The van der Waals surface area contributed by atoms with Gasteiger partial charge in [-0.1, -0.05) is 39.0 Å². The number of hydrogen-bond acceptors (Lipinski definition) is 5. The molecule has 1 atom stereocenters. The van der Waals surface area contributed by atoms with Gasteiger partial charge in [-0.15, -0.1) is 11.3 Å². The first-order chi connectivity index (χ1) is 13.4. The van der Waals surface area contributed by atoms with Crippen LogP contribution in [0, 0.1) is 5.92 Å². The molecule has 2 heterocycles. The van der Waals surface area contributed by atoms with Gasteiger partial charge in [0, 0.05) is 6.54 Å². The van der Waals surface area contributed by atoms with Crippen LogP contribution in [0.25, 0.3) is 0 Å². The minimum Gasteiger partial charge on any atom is -0.503 e. The molecule has 1 aromatic heterocycles. The van der Waals surface area contributed by atoms with Crippen LogP contribution >= 0.6 is 11.3 Å². The Balaban J connectivity index is 2.02. The van der Waals surface area contributed by atoms with Crippen LogP contribution in [-0.4, -0.2) is 34.8 Å². The molecule has 6 heteroatoms. The second-order valence-electron chi connectivity index (χ2n) is 7.25. The first-order valence-corrected chi connectivity index (χ1v) is 10.4. The number of benzene rings is 1. The molecule has 3 rings (SSSR count). The molecule has 148 valence electrons. The number of nitrogens with zero attached hydrogens (tertiary/aromatic N) is 1. The number of amides is 1. The summed E-state index contributed by atoms with van der Waals surface area (Å²) >= 11 is 1.30. The number of Topliss-reactive ketones (excluding diaryl/α,β-unsaturated/α-hetero) is 1. The van der Waals surface area contributed by atoms with E-state index in [-0.39, 0.29) is 11.4 Å². The van der Waals surface area contributed by atoms with Crippen LogP contribution in [0.2, 0.25) is 0 Å². The van der Waals surface area contributed by atoms with Crippen molar-refractivity contribution >= 4 is 23.0 Å². The predicted molar refractivity (Wildman–Crippen MR) is 110 cm³/mol. The van der Waals surface area contributed by atoms with Crippen LogP contribution in [0.4, 0.5) is 0 Å². The summed E-state index contributed by atoms with van der Waals surface area (Å²) in [7, 11) is 0. The van der Waals surface area contributed by atoms with Crippen molar-refractivity contribution in [3.05, 3.63) is 63.6 Å². The second-order valence-corrected chi connectivity index (χ2v) is 8.19. The first-order valence-electron chi connectivity index (χ1n) is 9.49. The predicted octanol–water partition coefficient (Wildman–Crippen LogP) is 4.77. The molecular formula is C22H25NO4S. The maximum atomic E-state index is 13.1. The highest BCUT2D eigenvalue weighted by molar-refractivity contribution is 7.12. The van der Waals surface area contributed by atoms with Gasteiger partial charge in [0.1, 0.15) is 5.75 Å². The van der Waals surface area contributed by atoms with E-state index in [4.69, 9.17) is 4.74 Å². The molecule has 0 aliphatic carbocycles. The number of thiophene rings is 1. The largest absolute Gasteiger partial charge is 0.503 e. The third-order valence-electron chi connectivity index (χ3n) is 4.51. The monoisotopic (exact) mass is 399 g/mol. The number of aliphatic hydroxyl groups is 1. The van der Waals surface area contributed by atoms with E-state index in [9.17, 15) is 14.7 Å². The summed E-state index contributed by atoms with van der Waals surface area (Å²) < 4.78 is 5.82. The molecule has 1 aliphatic heterocycles. The number of carbonyl (C=O) groups is 2. The van der Waals surface area contributed by atoms with Crippen molar-refractivity contribution in [2.24, 2.45) is 5.92 Å². The van der Waals surface area contributed by atoms with Gasteiger partial charge in [-0.2, -0.15) is 0 Å². The third-order valence-corrected chi connectivity index (χ3v) is 5.38. The molecule has 0 bridgehead atoms. The highest BCUT2D eigenvalue weighted by Crippen LogP contribution is 2.40. The van der Waals surface area contributed by atoms with Gasteiger partial charge >= 0.3 is 0 Å². The number of aliphatic hydroxyl groups excluding tert-OH is 1. The molecule has 0 radical (unpaired) electrons. The Morgan fingerprint density at radius 1 is 1.29 bits per heavy atom. The quantitative estimate of drug-likeness (QED) is 0.649. The lowest BCUT2D eigenvalue weighted by Gasteiger charge is -2.26. The minimum atomic E-state index is -0.621. The zero-order valence-corrected chi connectivity index (χ0v) is 17.2. The average molecular weight is 400 g/mol. The van der Waals surface area contributed by atoms with Gasteiger partial charge in [-0.25, -0.2) is 0 Å². The molecule has 1 amide bonds. The number of carbonyl (C=O) groups excluding carboxylic acids is 2. The molecule has 1 N–H and O–H groups in total. The van der Waals surface area contributed by atoms with Crippen molar-refractivity contribution in [2.75, 3.05) is 13.2 Å². The second kappa shape index (κ2) is 8.61. The summed E-state index contributed by atoms with van der Waals surface area (Å²) in [5.74, 6) is -0.193. The maximum Gasteiger partial charge on any atom is 0.290 e. The molecular weight excluding hydrogens is 374 g/mol. The zero-order valence-electron chi connectivity index (χ0n) is 16.3. The van der Waals surface area contributed by atoms with E-state index >= 15 is 0 Å². The van der Waals surface area contributed by atoms with E-state index in [1.807, 2.05) is 31.2 Å². The highest BCUT2D eigenvalue weighted by Gasteiger charge is 2.43. The molecule has 0 spiro atoms. The topological polar surface area (TPSA) is 66.8 Å². The number of ketones is 1. The molecule has 2 aromatic rings. The van der Waals surface area contributed by atoms with Crippen LogP contribution in [0.15, 0.2) is 53.1 Å². The van der Waals surface area contributed by atoms with Crippen LogP contribution < -0.4 is 4.74 Å². The molecule has 1 aliphatic rings. The molecule has 0 saturated carbocycles. The zero-order chi connectivity index (χ0) is 20.3. The fourth-order valence-corrected chi connectivity index (χ4v) is 3.96. The highest BCUT2D eigenvalue weighted by atomic mass is 32.1. The first kappa shape index (κ1) is 20.1. The summed E-state index contributed by atoms with van der Waals surface area (Å²) in [6.45, 7) is 7.13. The third kappa shape index (κ3) is 3.97. The minimum absolute atomic E-state index is 0.141. The van der Waals surface area contributed by atoms with Gasteiger partial charge < -0.3 is 14.7 Å². The van der Waals surface area contributed by atoms with Gasteiger partial charge in [-0.05, 0) is 41.5 Å². The standard InChI is InChI=1S/C22H25NO4S/c1-4-10-23-19(15-7-5-8-16(12-15)27-13-14(2)3)18(21(25)22(23)26)20(24)17-9-6-11-28-17/h5-9,11-12,14,19,25H,4,10,13H2,1-3H3. The van der Waals surface area contributed by atoms with E-state index in [0.29, 0.717) is 29.7 Å². The van der Waals surface area contributed by atoms with Crippen molar-refractivity contribution in [3.63, 3.8) is 0 Å².